The molecule has 0 saturated carbocycles. The number of nitrogens with zero attached hydrogens (tertiary/aromatic N) is 4. The summed E-state index contributed by atoms with van der Waals surface area (Å²) < 4.78 is 1.65. The lowest BCUT2D eigenvalue weighted by molar-refractivity contribution is -0.150. The molecule has 0 aromatic carbocycles. The average molecular weight is 328 g/mol. The molecule has 1 aliphatic heterocycles. The first-order valence-corrected chi connectivity index (χ1v) is 7.93. The van der Waals surface area contributed by atoms with Gasteiger partial charge < -0.3 is 10.0 Å². The molecule has 7 nitrogen and oxygen atoms in total. The summed E-state index contributed by atoms with van der Waals surface area (Å²) in [7, 11) is 0. The number of hydrogen-bond donors (Lipinski definition) is 1. The van der Waals surface area contributed by atoms with Crippen molar-refractivity contribution in [2.45, 2.75) is 20.3 Å². The maximum atomic E-state index is 12.7. The number of aliphatic carboxylic acids is 1. The molecule has 7 heteroatoms. The van der Waals surface area contributed by atoms with Gasteiger partial charge in [-0.25, -0.2) is 4.68 Å². The maximum Gasteiger partial charge on any atom is 0.311 e. The molecule has 1 fully saturated rings. The van der Waals surface area contributed by atoms with E-state index in [9.17, 15) is 14.7 Å². The monoisotopic (exact) mass is 328 g/mol. The van der Waals surface area contributed by atoms with Gasteiger partial charge in [0.25, 0.3) is 5.91 Å². The Bertz CT molecular complexity index is 757. The third-order valence-electron chi connectivity index (χ3n) is 4.85. The van der Waals surface area contributed by atoms with Crippen LogP contribution in [0.25, 0.3) is 5.69 Å². The number of carboxylic acid groups (broad SMARTS) is 1. The van der Waals surface area contributed by atoms with Gasteiger partial charge >= 0.3 is 5.97 Å². The van der Waals surface area contributed by atoms with E-state index >= 15 is 0 Å². The number of likely N-dealkylation sites (tertiary alicyclic amines) is 1. The first-order valence-electron chi connectivity index (χ1n) is 7.93. The summed E-state index contributed by atoms with van der Waals surface area (Å²) in [5, 5.41) is 13.7. The van der Waals surface area contributed by atoms with E-state index in [0.29, 0.717) is 18.7 Å². The van der Waals surface area contributed by atoms with Crippen molar-refractivity contribution in [1.29, 1.82) is 0 Å². The first-order chi connectivity index (χ1) is 11.4. The number of carboxylic acids is 1. The van der Waals surface area contributed by atoms with E-state index in [1.165, 1.54) is 0 Å². The summed E-state index contributed by atoms with van der Waals surface area (Å²) in [6, 6.07) is 5.24. The highest BCUT2D eigenvalue weighted by atomic mass is 16.4. The van der Waals surface area contributed by atoms with Crippen molar-refractivity contribution in [1.82, 2.24) is 19.7 Å². The SMILES string of the molecule is CC(C)C1(C(=O)O)CCN(C(=O)c2cc(-n3cccn3)ccn2)C1. The number of hydrogen-bond acceptors (Lipinski definition) is 4. The lowest BCUT2D eigenvalue weighted by Crippen LogP contribution is -2.40. The van der Waals surface area contributed by atoms with E-state index in [2.05, 4.69) is 10.1 Å². The molecule has 3 rings (SSSR count). The Morgan fingerprint density at radius 1 is 1.33 bits per heavy atom. The highest BCUT2D eigenvalue weighted by Gasteiger charge is 2.48. The van der Waals surface area contributed by atoms with Crippen LogP contribution in [0, 0.1) is 11.3 Å². The smallest absolute Gasteiger partial charge is 0.311 e. The zero-order valence-corrected chi connectivity index (χ0v) is 13.7. The molecule has 0 aliphatic carbocycles. The minimum atomic E-state index is -0.880. The number of rotatable bonds is 4. The number of aromatic nitrogens is 3. The minimum Gasteiger partial charge on any atom is -0.481 e. The summed E-state index contributed by atoms with van der Waals surface area (Å²) in [4.78, 5) is 30.2. The lowest BCUT2D eigenvalue weighted by Gasteiger charge is -2.28. The summed E-state index contributed by atoms with van der Waals surface area (Å²) in [6.45, 7) is 4.42. The van der Waals surface area contributed by atoms with E-state index in [1.807, 2.05) is 13.8 Å². The van der Waals surface area contributed by atoms with Crippen LogP contribution in [-0.4, -0.2) is 49.7 Å². The molecule has 126 valence electrons. The molecular weight excluding hydrogens is 308 g/mol. The summed E-state index contributed by atoms with van der Waals surface area (Å²) >= 11 is 0. The first kappa shape index (κ1) is 16.2. The zero-order valence-electron chi connectivity index (χ0n) is 13.7. The van der Waals surface area contributed by atoms with E-state index in [1.54, 1.807) is 46.4 Å². The Balaban J connectivity index is 1.83. The predicted octanol–water partition coefficient (Wildman–Crippen LogP) is 1.84. The fraction of sp³-hybridized carbons (Fsp3) is 0.412. The van der Waals surface area contributed by atoms with E-state index in [-0.39, 0.29) is 18.4 Å². The van der Waals surface area contributed by atoms with Crippen molar-refractivity contribution in [2.75, 3.05) is 13.1 Å². The standard InChI is InChI=1S/C17H20N4O3/c1-12(2)17(16(23)24)5-9-20(11-17)15(22)14-10-13(4-7-18-14)21-8-3-6-19-21/h3-4,6-8,10,12H,5,9,11H2,1-2H3,(H,23,24). The van der Waals surface area contributed by atoms with Crippen LogP contribution < -0.4 is 0 Å². The van der Waals surface area contributed by atoms with Crippen molar-refractivity contribution in [3.63, 3.8) is 0 Å². The molecule has 0 radical (unpaired) electrons. The van der Waals surface area contributed by atoms with Crippen LogP contribution in [-0.2, 0) is 4.79 Å². The normalized spacial score (nSPS) is 20.5. The second-order valence-electron chi connectivity index (χ2n) is 6.44. The van der Waals surface area contributed by atoms with E-state index in [4.69, 9.17) is 0 Å². The van der Waals surface area contributed by atoms with Crippen LogP contribution in [0.15, 0.2) is 36.8 Å². The fourth-order valence-electron chi connectivity index (χ4n) is 3.16. The Hall–Kier alpha value is -2.70. The van der Waals surface area contributed by atoms with Gasteiger partial charge in [0, 0.05) is 31.7 Å². The zero-order chi connectivity index (χ0) is 17.3. The molecule has 1 amide bonds. The van der Waals surface area contributed by atoms with Crippen molar-refractivity contribution < 1.29 is 14.7 Å². The molecule has 0 spiro atoms. The maximum absolute atomic E-state index is 12.7. The van der Waals surface area contributed by atoms with Crippen LogP contribution in [0.3, 0.4) is 0 Å². The minimum absolute atomic E-state index is 0.0452. The van der Waals surface area contributed by atoms with Crippen LogP contribution in [0.1, 0.15) is 30.8 Å². The topological polar surface area (TPSA) is 88.3 Å². The molecule has 3 heterocycles. The Morgan fingerprint density at radius 2 is 2.12 bits per heavy atom. The highest BCUT2D eigenvalue weighted by Crippen LogP contribution is 2.38. The van der Waals surface area contributed by atoms with Gasteiger partial charge in [0.15, 0.2) is 0 Å². The average Bonchev–Trinajstić information content (AvgIpc) is 3.24. The number of carbonyl (C=O) groups is 2. The van der Waals surface area contributed by atoms with Crippen LogP contribution >= 0.6 is 0 Å². The van der Waals surface area contributed by atoms with Gasteiger partial charge in [-0.1, -0.05) is 13.8 Å². The predicted molar refractivity (Wildman–Crippen MR) is 86.8 cm³/mol. The largest absolute Gasteiger partial charge is 0.481 e. The van der Waals surface area contributed by atoms with Gasteiger partial charge in [0.1, 0.15) is 5.69 Å². The number of pyridine rings is 1. The molecule has 1 aliphatic rings. The Morgan fingerprint density at radius 3 is 2.71 bits per heavy atom. The van der Waals surface area contributed by atoms with Gasteiger partial charge in [-0.05, 0) is 30.5 Å². The van der Waals surface area contributed by atoms with Crippen LogP contribution in [0.2, 0.25) is 0 Å². The van der Waals surface area contributed by atoms with Gasteiger partial charge in [-0.15, -0.1) is 0 Å². The van der Waals surface area contributed by atoms with Crippen molar-refractivity contribution >= 4 is 11.9 Å². The van der Waals surface area contributed by atoms with Crippen LogP contribution in [0.5, 0.6) is 0 Å². The fourth-order valence-corrected chi connectivity index (χ4v) is 3.16. The van der Waals surface area contributed by atoms with Crippen LogP contribution in [0.4, 0.5) is 0 Å². The molecule has 0 bridgehead atoms. The van der Waals surface area contributed by atoms with Gasteiger partial charge in [0.05, 0.1) is 11.1 Å². The third-order valence-corrected chi connectivity index (χ3v) is 4.85. The second kappa shape index (κ2) is 6.07. The molecule has 1 saturated heterocycles. The molecule has 2 aromatic rings. The lowest BCUT2D eigenvalue weighted by atomic mass is 9.76. The molecule has 1 atom stereocenters. The number of carbonyl (C=O) groups excluding carboxylic acids is 1. The van der Waals surface area contributed by atoms with E-state index < -0.39 is 11.4 Å². The summed E-state index contributed by atoms with van der Waals surface area (Å²) in [5.74, 6) is -1.13. The number of amides is 1. The molecular formula is C17H20N4O3. The van der Waals surface area contributed by atoms with Gasteiger partial charge in [-0.3, -0.25) is 14.6 Å². The van der Waals surface area contributed by atoms with Crippen molar-refractivity contribution in [3.05, 3.63) is 42.5 Å². The molecule has 1 unspecified atom stereocenters. The summed E-state index contributed by atoms with van der Waals surface area (Å²) in [5.41, 5.74) is 0.161. The van der Waals surface area contributed by atoms with Gasteiger partial charge in [-0.2, -0.15) is 5.10 Å². The van der Waals surface area contributed by atoms with E-state index in [0.717, 1.165) is 5.69 Å². The van der Waals surface area contributed by atoms with Crippen molar-refractivity contribution in [3.8, 4) is 5.69 Å². The second-order valence-corrected chi connectivity index (χ2v) is 6.44. The quantitative estimate of drug-likeness (QED) is 0.925. The third kappa shape index (κ3) is 2.66. The summed E-state index contributed by atoms with van der Waals surface area (Å²) in [6.07, 6.45) is 5.47. The Kier molecular flexibility index (Phi) is 4.09. The molecule has 1 N–H and O–H groups in total. The van der Waals surface area contributed by atoms with Crippen molar-refractivity contribution in [2.24, 2.45) is 11.3 Å². The molecule has 2 aromatic heterocycles. The Labute approximate surface area is 139 Å². The molecule has 24 heavy (non-hydrogen) atoms. The highest BCUT2D eigenvalue weighted by molar-refractivity contribution is 5.93. The van der Waals surface area contributed by atoms with Gasteiger partial charge in [0.2, 0.25) is 0 Å².